The van der Waals surface area contributed by atoms with Crippen LogP contribution in [0.25, 0.3) is 0 Å². The van der Waals surface area contributed by atoms with E-state index in [9.17, 15) is 0 Å². The molecule has 0 spiro atoms. The summed E-state index contributed by atoms with van der Waals surface area (Å²) in [6.07, 6.45) is 0. The molecule has 0 bridgehead atoms. The molecule has 0 aliphatic rings. The summed E-state index contributed by atoms with van der Waals surface area (Å²) >= 11 is 2.32. The molecule has 0 aliphatic carbocycles. The molecule has 0 aromatic heterocycles. The van der Waals surface area contributed by atoms with E-state index in [1.807, 2.05) is 0 Å². The van der Waals surface area contributed by atoms with Crippen molar-refractivity contribution in [1.82, 2.24) is 5.32 Å². The summed E-state index contributed by atoms with van der Waals surface area (Å²) in [4.78, 5) is 0. The Balaban J connectivity index is 1.90. The molecular formula is C16H18INO. The minimum Gasteiger partial charge on any atom is -0.380 e. The molecule has 2 aromatic carbocycles. The number of halogens is 1. The summed E-state index contributed by atoms with van der Waals surface area (Å²) in [6, 6.07) is 17.0. The number of methoxy groups -OCH3 is 1. The first-order valence-electron chi connectivity index (χ1n) is 6.30. The van der Waals surface area contributed by atoms with Gasteiger partial charge in [-0.15, -0.1) is 0 Å². The quantitative estimate of drug-likeness (QED) is 0.786. The van der Waals surface area contributed by atoms with Crippen molar-refractivity contribution in [3.8, 4) is 0 Å². The summed E-state index contributed by atoms with van der Waals surface area (Å²) in [7, 11) is 1.73. The maximum atomic E-state index is 5.22. The number of hydrogen-bond acceptors (Lipinski definition) is 2. The van der Waals surface area contributed by atoms with Gasteiger partial charge in [-0.2, -0.15) is 0 Å². The van der Waals surface area contributed by atoms with Crippen molar-refractivity contribution in [2.24, 2.45) is 0 Å². The Morgan fingerprint density at radius 3 is 2.32 bits per heavy atom. The average Bonchev–Trinajstić information content (AvgIpc) is 2.43. The van der Waals surface area contributed by atoms with E-state index in [0.717, 1.165) is 13.1 Å². The smallest absolute Gasteiger partial charge is 0.0716 e. The fraction of sp³-hybridized carbons (Fsp3) is 0.250. The topological polar surface area (TPSA) is 21.3 Å². The third-order valence-corrected chi connectivity index (χ3v) is 3.70. The molecule has 0 saturated carbocycles. The summed E-state index contributed by atoms with van der Waals surface area (Å²) in [5.74, 6) is 0. The monoisotopic (exact) mass is 367 g/mol. The number of hydrogen-bond donors (Lipinski definition) is 1. The van der Waals surface area contributed by atoms with Crippen LogP contribution < -0.4 is 5.32 Å². The van der Waals surface area contributed by atoms with Gasteiger partial charge in [0.2, 0.25) is 0 Å². The van der Waals surface area contributed by atoms with Crippen molar-refractivity contribution in [3.05, 3.63) is 68.8 Å². The molecule has 0 fully saturated rings. The second-order valence-electron chi connectivity index (χ2n) is 4.43. The Bertz CT molecular complexity index is 510. The zero-order chi connectivity index (χ0) is 13.5. The predicted octanol–water partition coefficient (Wildman–Crippen LogP) is 3.73. The number of ether oxygens (including phenoxy) is 1. The highest BCUT2D eigenvalue weighted by Crippen LogP contribution is 2.10. The lowest BCUT2D eigenvalue weighted by Crippen LogP contribution is -2.14. The summed E-state index contributed by atoms with van der Waals surface area (Å²) < 4.78 is 6.49. The molecule has 0 heterocycles. The van der Waals surface area contributed by atoms with Crippen LogP contribution in [0.4, 0.5) is 0 Å². The van der Waals surface area contributed by atoms with Crippen LogP contribution in [0.3, 0.4) is 0 Å². The zero-order valence-corrected chi connectivity index (χ0v) is 13.2. The van der Waals surface area contributed by atoms with Crippen LogP contribution in [-0.2, 0) is 24.4 Å². The molecule has 2 rings (SSSR count). The molecule has 100 valence electrons. The molecule has 0 atom stereocenters. The largest absolute Gasteiger partial charge is 0.380 e. The van der Waals surface area contributed by atoms with Crippen LogP contribution in [0.5, 0.6) is 0 Å². The van der Waals surface area contributed by atoms with Gasteiger partial charge in [0.05, 0.1) is 6.61 Å². The molecule has 0 amide bonds. The van der Waals surface area contributed by atoms with E-state index in [4.69, 9.17) is 4.74 Å². The van der Waals surface area contributed by atoms with Crippen LogP contribution in [-0.4, -0.2) is 7.11 Å². The van der Waals surface area contributed by atoms with Crippen LogP contribution in [0.2, 0.25) is 0 Å². The number of nitrogens with one attached hydrogen (secondary N) is 1. The summed E-state index contributed by atoms with van der Waals surface area (Å²) in [6.45, 7) is 2.42. The molecule has 3 heteroatoms. The van der Waals surface area contributed by atoms with Gasteiger partial charge in [0, 0.05) is 23.8 Å². The van der Waals surface area contributed by atoms with Gasteiger partial charge < -0.3 is 10.1 Å². The Kier molecular flexibility index (Phi) is 5.82. The average molecular weight is 367 g/mol. The van der Waals surface area contributed by atoms with Gasteiger partial charge in [-0.05, 0) is 51.4 Å². The van der Waals surface area contributed by atoms with E-state index >= 15 is 0 Å². The maximum Gasteiger partial charge on any atom is 0.0716 e. The fourth-order valence-corrected chi connectivity index (χ4v) is 2.33. The normalized spacial score (nSPS) is 10.6. The SMILES string of the molecule is COCc1ccccc1CNCc1ccc(I)cc1. The highest BCUT2D eigenvalue weighted by Gasteiger charge is 2.01. The van der Waals surface area contributed by atoms with E-state index in [0.29, 0.717) is 6.61 Å². The molecule has 0 saturated heterocycles. The van der Waals surface area contributed by atoms with Gasteiger partial charge in [-0.25, -0.2) is 0 Å². The predicted molar refractivity (Wildman–Crippen MR) is 86.9 cm³/mol. The van der Waals surface area contributed by atoms with Gasteiger partial charge in [-0.3, -0.25) is 0 Å². The molecular weight excluding hydrogens is 349 g/mol. The van der Waals surface area contributed by atoms with Crippen molar-refractivity contribution in [1.29, 1.82) is 0 Å². The number of benzene rings is 2. The standard InChI is InChI=1S/C16H18INO/c1-19-12-15-5-3-2-4-14(15)11-18-10-13-6-8-16(17)9-7-13/h2-9,18H,10-12H2,1H3. The van der Waals surface area contributed by atoms with Crippen LogP contribution in [0.1, 0.15) is 16.7 Å². The van der Waals surface area contributed by atoms with Crippen molar-refractivity contribution < 1.29 is 4.74 Å². The van der Waals surface area contributed by atoms with Crippen molar-refractivity contribution in [2.75, 3.05) is 7.11 Å². The molecule has 1 N–H and O–H groups in total. The second-order valence-corrected chi connectivity index (χ2v) is 5.68. The summed E-state index contributed by atoms with van der Waals surface area (Å²) in [5.41, 5.74) is 3.86. The van der Waals surface area contributed by atoms with E-state index in [1.165, 1.54) is 20.3 Å². The van der Waals surface area contributed by atoms with Crippen LogP contribution in [0, 0.1) is 3.57 Å². The van der Waals surface area contributed by atoms with Crippen LogP contribution in [0.15, 0.2) is 48.5 Å². The summed E-state index contributed by atoms with van der Waals surface area (Å²) in [5, 5.41) is 3.48. The minimum atomic E-state index is 0.668. The van der Waals surface area contributed by atoms with Gasteiger partial charge in [0.1, 0.15) is 0 Å². The lowest BCUT2D eigenvalue weighted by molar-refractivity contribution is 0.184. The third-order valence-electron chi connectivity index (χ3n) is 2.98. The molecule has 2 aromatic rings. The Morgan fingerprint density at radius 2 is 1.63 bits per heavy atom. The Labute approximate surface area is 128 Å². The van der Waals surface area contributed by atoms with Gasteiger partial charge in [0.15, 0.2) is 0 Å². The zero-order valence-electron chi connectivity index (χ0n) is 11.0. The maximum absolute atomic E-state index is 5.22. The first-order chi connectivity index (χ1) is 9.29. The van der Waals surface area contributed by atoms with Gasteiger partial charge in [-0.1, -0.05) is 36.4 Å². The number of rotatable bonds is 6. The first kappa shape index (κ1) is 14.5. The van der Waals surface area contributed by atoms with Crippen LogP contribution >= 0.6 is 22.6 Å². The van der Waals surface area contributed by atoms with E-state index in [-0.39, 0.29) is 0 Å². The van der Waals surface area contributed by atoms with Gasteiger partial charge >= 0.3 is 0 Å². The van der Waals surface area contributed by atoms with Crippen molar-refractivity contribution in [2.45, 2.75) is 19.7 Å². The lowest BCUT2D eigenvalue weighted by Gasteiger charge is -2.10. The molecule has 0 radical (unpaired) electrons. The van der Waals surface area contributed by atoms with E-state index in [1.54, 1.807) is 7.11 Å². The molecule has 0 unspecified atom stereocenters. The first-order valence-corrected chi connectivity index (χ1v) is 7.38. The Morgan fingerprint density at radius 1 is 0.947 bits per heavy atom. The van der Waals surface area contributed by atoms with Crippen molar-refractivity contribution >= 4 is 22.6 Å². The highest BCUT2D eigenvalue weighted by molar-refractivity contribution is 14.1. The van der Waals surface area contributed by atoms with Gasteiger partial charge in [0.25, 0.3) is 0 Å². The fourth-order valence-electron chi connectivity index (χ4n) is 1.97. The molecule has 19 heavy (non-hydrogen) atoms. The second kappa shape index (κ2) is 7.62. The highest BCUT2D eigenvalue weighted by atomic mass is 127. The van der Waals surface area contributed by atoms with Crippen molar-refractivity contribution in [3.63, 3.8) is 0 Å². The molecule has 2 nitrogen and oxygen atoms in total. The molecule has 0 aliphatic heterocycles. The van der Waals surface area contributed by atoms with E-state index in [2.05, 4.69) is 76.4 Å². The van der Waals surface area contributed by atoms with E-state index < -0.39 is 0 Å². The third kappa shape index (κ3) is 4.60. The minimum absolute atomic E-state index is 0.668. The Hall–Kier alpha value is -0.910. The lowest BCUT2D eigenvalue weighted by atomic mass is 10.1.